The molecule has 1 aliphatic heterocycles. The van der Waals surface area contributed by atoms with Gasteiger partial charge in [-0.1, -0.05) is 34.9 Å². The van der Waals surface area contributed by atoms with Crippen molar-refractivity contribution in [3.05, 3.63) is 58.1 Å². The Hall–Kier alpha value is -2.53. The molecule has 142 valence electrons. The standard InChI is InChI=1S/C21H24ClN3O2/c1-14-11-15(2)13-17(12-14)21(27)23-19-6-4-5-18(22)20(19)25-9-7-24(8-10-25)16(3)26/h4-6,11-13H,7-10H2,1-3H3,(H,23,27). The number of nitrogens with one attached hydrogen (secondary N) is 1. The van der Waals surface area contributed by atoms with E-state index in [0.717, 1.165) is 16.8 Å². The topological polar surface area (TPSA) is 52.7 Å². The van der Waals surface area contributed by atoms with Gasteiger partial charge in [-0.2, -0.15) is 0 Å². The van der Waals surface area contributed by atoms with Gasteiger partial charge in [-0.15, -0.1) is 0 Å². The maximum atomic E-state index is 12.8. The summed E-state index contributed by atoms with van der Waals surface area (Å²) in [6.45, 7) is 8.17. The van der Waals surface area contributed by atoms with E-state index in [-0.39, 0.29) is 11.8 Å². The fourth-order valence-corrected chi connectivity index (χ4v) is 3.78. The Labute approximate surface area is 164 Å². The Morgan fingerprint density at radius 2 is 1.63 bits per heavy atom. The van der Waals surface area contributed by atoms with E-state index in [1.807, 2.05) is 55.1 Å². The van der Waals surface area contributed by atoms with Crippen LogP contribution in [0.15, 0.2) is 36.4 Å². The minimum atomic E-state index is -0.160. The molecule has 1 N–H and O–H groups in total. The molecule has 0 spiro atoms. The fraction of sp³-hybridized carbons (Fsp3) is 0.333. The summed E-state index contributed by atoms with van der Waals surface area (Å²) < 4.78 is 0. The number of rotatable bonds is 3. The normalized spacial score (nSPS) is 14.2. The maximum Gasteiger partial charge on any atom is 0.255 e. The summed E-state index contributed by atoms with van der Waals surface area (Å²) in [5.41, 5.74) is 4.21. The molecule has 1 aliphatic rings. The number of nitrogens with zero attached hydrogens (tertiary/aromatic N) is 2. The first kappa shape index (κ1) is 19.2. The lowest BCUT2D eigenvalue weighted by Gasteiger charge is -2.37. The average molecular weight is 386 g/mol. The van der Waals surface area contributed by atoms with Gasteiger partial charge in [0.2, 0.25) is 5.91 Å². The van der Waals surface area contributed by atoms with Crippen molar-refractivity contribution in [1.29, 1.82) is 0 Å². The van der Waals surface area contributed by atoms with Gasteiger partial charge in [-0.3, -0.25) is 9.59 Å². The van der Waals surface area contributed by atoms with E-state index < -0.39 is 0 Å². The number of aryl methyl sites for hydroxylation is 2. The van der Waals surface area contributed by atoms with Crippen LogP contribution < -0.4 is 10.2 Å². The van der Waals surface area contributed by atoms with Gasteiger partial charge in [-0.05, 0) is 38.1 Å². The van der Waals surface area contributed by atoms with Gasteiger partial charge in [0, 0.05) is 38.7 Å². The molecule has 3 rings (SSSR count). The molecule has 0 radical (unpaired) electrons. The van der Waals surface area contributed by atoms with E-state index in [1.54, 1.807) is 6.92 Å². The van der Waals surface area contributed by atoms with Gasteiger partial charge in [0.05, 0.1) is 16.4 Å². The van der Waals surface area contributed by atoms with Gasteiger partial charge in [0.1, 0.15) is 0 Å². The Balaban J connectivity index is 1.83. The summed E-state index contributed by atoms with van der Waals surface area (Å²) in [5.74, 6) is -0.0789. The van der Waals surface area contributed by atoms with Gasteiger partial charge < -0.3 is 15.1 Å². The fourth-order valence-electron chi connectivity index (χ4n) is 3.48. The number of halogens is 1. The molecule has 2 aromatic rings. The molecule has 27 heavy (non-hydrogen) atoms. The number of carbonyl (C=O) groups is 2. The highest BCUT2D eigenvalue weighted by Crippen LogP contribution is 2.35. The first-order chi connectivity index (χ1) is 12.8. The zero-order valence-electron chi connectivity index (χ0n) is 15.9. The van der Waals surface area contributed by atoms with E-state index in [9.17, 15) is 9.59 Å². The SMILES string of the molecule is CC(=O)N1CCN(c2c(Cl)cccc2NC(=O)c2cc(C)cc(C)c2)CC1. The Bertz CT molecular complexity index is 853. The molecule has 1 fully saturated rings. The highest BCUT2D eigenvalue weighted by atomic mass is 35.5. The molecule has 0 atom stereocenters. The monoisotopic (exact) mass is 385 g/mol. The molecule has 5 nitrogen and oxygen atoms in total. The summed E-state index contributed by atoms with van der Waals surface area (Å²) in [6, 6.07) is 11.3. The number of amides is 2. The van der Waals surface area contributed by atoms with Crippen molar-refractivity contribution < 1.29 is 9.59 Å². The minimum Gasteiger partial charge on any atom is -0.365 e. The van der Waals surface area contributed by atoms with E-state index in [1.165, 1.54) is 0 Å². The van der Waals surface area contributed by atoms with Crippen LogP contribution in [0.2, 0.25) is 5.02 Å². The predicted octanol–water partition coefficient (Wildman–Crippen LogP) is 3.88. The van der Waals surface area contributed by atoms with Crippen LogP contribution in [0.4, 0.5) is 11.4 Å². The summed E-state index contributed by atoms with van der Waals surface area (Å²) >= 11 is 6.47. The third kappa shape index (κ3) is 4.42. The lowest BCUT2D eigenvalue weighted by molar-refractivity contribution is -0.129. The number of anilines is 2. The van der Waals surface area contributed by atoms with Gasteiger partial charge in [0.25, 0.3) is 5.91 Å². The van der Waals surface area contributed by atoms with Crippen molar-refractivity contribution >= 4 is 34.8 Å². The number of piperazine rings is 1. The zero-order chi connectivity index (χ0) is 19.6. The average Bonchev–Trinajstić information content (AvgIpc) is 2.61. The quantitative estimate of drug-likeness (QED) is 0.872. The van der Waals surface area contributed by atoms with Crippen LogP contribution in [-0.4, -0.2) is 42.9 Å². The second-order valence-corrected chi connectivity index (χ2v) is 7.37. The molecule has 1 heterocycles. The zero-order valence-corrected chi connectivity index (χ0v) is 16.6. The summed E-state index contributed by atoms with van der Waals surface area (Å²) in [4.78, 5) is 28.3. The Kier molecular flexibility index (Phi) is 5.71. The van der Waals surface area contributed by atoms with Crippen molar-refractivity contribution in [3.8, 4) is 0 Å². The Morgan fingerprint density at radius 3 is 2.22 bits per heavy atom. The molecular formula is C21H24ClN3O2. The lowest BCUT2D eigenvalue weighted by atomic mass is 10.1. The predicted molar refractivity (Wildman–Crippen MR) is 110 cm³/mol. The minimum absolute atomic E-state index is 0.0807. The van der Waals surface area contributed by atoms with E-state index in [4.69, 9.17) is 11.6 Å². The molecule has 2 aromatic carbocycles. The van der Waals surface area contributed by atoms with E-state index in [2.05, 4.69) is 10.2 Å². The smallest absolute Gasteiger partial charge is 0.255 e. The van der Waals surface area contributed by atoms with Crippen LogP contribution in [0.5, 0.6) is 0 Å². The molecule has 0 saturated carbocycles. The van der Waals surface area contributed by atoms with Crippen LogP contribution in [0.25, 0.3) is 0 Å². The molecule has 0 aliphatic carbocycles. The summed E-state index contributed by atoms with van der Waals surface area (Å²) in [7, 11) is 0. The first-order valence-corrected chi connectivity index (χ1v) is 9.41. The number of benzene rings is 2. The highest BCUT2D eigenvalue weighted by Gasteiger charge is 2.23. The van der Waals surface area contributed by atoms with Gasteiger partial charge in [0.15, 0.2) is 0 Å². The van der Waals surface area contributed by atoms with Crippen LogP contribution in [-0.2, 0) is 4.79 Å². The molecule has 2 amide bonds. The Morgan fingerprint density at radius 1 is 1.00 bits per heavy atom. The van der Waals surface area contributed by atoms with Crippen molar-refractivity contribution in [2.75, 3.05) is 36.4 Å². The molecule has 1 saturated heterocycles. The third-order valence-corrected chi connectivity index (χ3v) is 5.07. The van der Waals surface area contributed by atoms with E-state index >= 15 is 0 Å². The number of para-hydroxylation sites is 1. The number of hydrogen-bond donors (Lipinski definition) is 1. The molecule has 0 aromatic heterocycles. The van der Waals surface area contributed by atoms with E-state index in [0.29, 0.717) is 42.5 Å². The highest BCUT2D eigenvalue weighted by molar-refractivity contribution is 6.34. The summed E-state index contributed by atoms with van der Waals surface area (Å²) in [6.07, 6.45) is 0. The first-order valence-electron chi connectivity index (χ1n) is 9.04. The van der Waals surface area contributed by atoms with Crippen molar-refractivity contribution in [1.82, 2.24) is 4.90 Å². The molecular weight excluding hydrogens is 362 g/mol. The largest absolute Gasteiger partial charge is 0.365 e. The molecule has 0 bridgehead atoms. The van der Waals surface area contributed by atoms with Crippen LogP contribution >= 0.6 is 11.6 Å². The van der Waals surface area contributed by atoms with Crippen molar-refractivity contribution in [3.63, 3.8) is 0 Å². The third-order valence-electron chi connectivity index (χ3n) is 4.76. The van der Waals surface area contributed by atoms with Crippen molar-refractivity contribution in [2.45, 2.75) is 20.8 Å². The number of hydrogen-bond acceptors (Lipinski definition) is 3. The molecule has 6 heteroatoms. The van der Waals surface area contributed by atoms with Gasteiger partial charge in [-0.25, -0.2) is 0 Å². The van der Waals surface area contributed by atoms with Gasteiger partial charge >= 0.3 is 0 Å². The van der Waals surface area contributed by atoms with Crippen LogP contribution in [0.3, 0.4) is 0 Å². The van der Waals surface area contributed by atoms with Crippen LogP contribution in [0, 0.1) is 13.8 Å². The summed E-state index contributed by atoms with van der Waals surface area (Å²) in [5, 5.41) is 3.60. The lowest BCUT2D eigenvalue weighted by Crippen LogP contribution is -2.48. The second kappa shape index (κ2) is 8.01. The second-order valence-electron chi connectivity index (χ2n) is 6.96. The maximum absolute atomic E-state index is 12.8. The van der Waals surface area contributed by atoms with Crippen molar-refractivity contribution in [2.24, 2.45) is 0 Å². The molecule has 0 unspecified atom stereocenters. The van der Waals surface area contributed by atoms with Crippen LogP contribution in [0.1, 0.15) is 28.4 Å². The number of carbonyl (C=O) groups excluding carboxylic acids is 2.